The fourth-order valence-electron chi connectivity index (χ4n) is 1.60. The van der Waals surface area contributed by atoms with Gasteiger partial charge >= 0.3 is 0 Å². The van der Waals surface area contributed by atoms with Gasteiger partial charge in [0.05, 0.1) is 0 Å². The van der Waals surface area contributed by atoms with Gasteiger partial charge in [-0.25, -0.2) is 0 Å². The van der Waals surface area contributed by atoms with Gasteiger partial charge in [-0.05, 0) is 6.42 Å². The molecule has 0 aliphatic carbocycles. The number of aliphatic hydroxyl groups is 1. The minimum Gasteiger partial charge on any atom is -0.396 e. The molecule has 0 saturated heterocycles. The van der Waals surface area contributed by atoms with E-state index in [2.05, 4.69) is 6.92 Å². The molecular weight excluding hydrogens is 251 g/mol. The second-order valence-corrected chi connectivity index (χ2v) is 3.91. The molecule has 0 radical (unpaired) electrons. The molecular formula is C12H26OZr. The van der Waals surface area contributed by atoms with E-state index >= 15 is 0 Å². The molecule has 14 heavy (non-hydrogen) atoms. The van der Waals surface area contributed by atoms with Crippen molar-refractivity contribution in [3.8, 4) is 0 Å². The third kappa shape index (κ3) is 15.3. The second-order valence-electron chi connectivity index (χ2n) is 3.91. The Bertz CT molecular complexity index is 76.4. The molecule has 1 N–H and O–H groups in total. The summed E-state index contributed by atoms with van der Waals surface area (Å²) in [6.07, 6.45) is 13.3. The van der Waals surface area contributed by atoms with Crippen LogP contribution in [0.25, 0.3) is 0 Å². The summed E-state index contributed by atoms with van der Waals surface area (Å²) < 4.78 is 0. The maximum absolute atomic E-state index is 8.57. The normalized spacial score (nSPS) is 9.86. The Morgan fingerprint density at radius 2 is 1.00 bits per heavy atom. The van der Waals surface area contributed by atoms with Gasteiger partial charge in [0.15, 0.2) is 0 Å². The van der Waals surface area contributed by atoms with E-state index in [1.807, 2.05) is 0 Å². The van der Waals surface area contributed by atoms with E-state index in [1.165, 1.54) is 57.8 Å². The Balaban J connectivity index is 0. The van der Waals surface area contributed by atoms with Gasteiger partial charge in [0.1, 0.15) is 0 Å². The van der Waals surface area contributed by atoms with Crippen molar-refractivity contribution < 1.29 is 31.3 Å². The molecule has 0 saturated carbocycles. The molecule has 0 aromatic rings. The molecule has 0 fully saturated rings. The summed E-state index contributed by atoms with van der Waals surface area (Å²) in [6, 6.07) is 0. The molecule has 2 heteroatoms. The Kier molecular flexibility index (Phi) is 20.1. The molecule has 0 heterocycles. The molecule has 0 unspecified atom stereocenters. The molecule has 0 bridgehead atoms. The summed E-state index contributed by atoms with van der Waals surface area (Å²) in [5.41, 5.74) is 0. The van der Waals surface area contributed by atoms with Crippen LogP contribution in [0, 0.1) is 0 Å². The number of hydrogen-bond donors (Lipinski definition) is 1. The van der Waals surface area contributed by atoms with Crippen LogP contribution in [0.3, 0.4) is 0 Å². The minimum atomic E-state index is 0. The molecule has 0 spiro atoms. The van der Waals surface area contributed by atoms with E-state index in [0.29, 0.717) is 6.61 Å². The van der Waals surface area contributed by atoms with Crippen LogP contribution in [-0.2, 0) is 26.2 Å². The minimum absolute atomic E-state index is 0. The van der Waals surface area contributed by atoms with Crippen molar-refractivity contribution in [2.24, 2.45) is 0 Å². The van der Waals surface area contributed by atoms with Crippen molar-refractivity contribution >= 4 is 0 Å². The molecule has 0 aromatic carbocycles. The van der Waals surface area contributed by atoms with E-state index in [-0.39, 0.29) is 26.2 Å². The Morgan fingerprint density at radius 1 is 0.643 bits per heavy atom. The standard InChI is InChI=1S/C12H26O.Zr/c1-2-3-4-5-6-7-8-9-10-11-12-13;/h13H,2-12H2,1H3;. The maximum atomic E-state index is 8.57. The summed E-state index contributed by atoms with van der Waals surface area (Å²) in [6.45, 7) is 2.63. The predicted octanol–water partition coefficient (Wildman–Crippen LogP) is 3.90. The Hall–Kier alpha value is 0.843. The molecule has 0 amide bonds. The van der Waals surface area contributed by atoms with Crippen molar-refractivity contribution in [1.82, 2.24) is 0 Å². The van der Waals surface area contributed by atoms with Crippen molar-refractivity contribution in [2.45, 2.75) is 71.1 Å². The molecule has 0 aromatic heterocycles. The van der Waals surface area contributed by atoms with Crippen LogP contribution >= 0.6 is 0 Å². The van der Waals surface area contributed by atoms with Crippen LogP contribution in [-0.4, -0.2) is 11.7 Å². The van der Waals surface area contributed by atoms with Crippen LogP contribution in [0.4, 0.5) is 0 Å². The Labute approximate surface area is 109 Å². The first-order chi connectivity index (χ1) is 6.41. The fraction of sp³-hybridized carbons (Fsp3) is 1.00. The fourth-order valence-corrected chi connectivity index (χ4v) is 1.60. The van der Waals surface area contributed by atoms with Crippen LogP contribution < -0.4 is 0 Å². The quantitative estimate of drug-likeness (QED) is 0.601. The monoisotopic (exact) mass is 276 g/mol. The first-order valence-electron chi connectivity index (χ1n) is 6.02. The average molecular weight is 278 g/mol. The smallest absolute Gasteiger partial charge is 0.0431 e. The van der Waals surface area contributed by atoms with Crippen molar-refractivity contribution in [3.63, 3.8) is 0 Å². The summed E-state index contributed by atoms with van der Waals surface area (Å²) in [5, 5.41) is 8.57. The molecule has 1 nitrogen and oxygen atoms in total. The predicted molar refractivity (Wildman–Crippen MR) is 58.9 cm³/mol. The van der Waals surface area contributed by atoms with E-state index < -0.39 is 0 Å². The van der Waals surface area contributed by atoms with Crippen molar-refractivity contribution in [1.29, 1.82) is 0 Å². The SMILES string of the molecule is CCCCCCCCCCCCO.[Zr]. The zero-order valence-electron chi connectivity index (χ0n) is 9.73. The molecule has 84 valence electrons. The van der Waals surface area contributed by atoms with E-state index in [1.54, 1.807) is 0 Å². The first kappa shape index (κ1) is 17.2. The van der Waals surface area contributed by atoms with E-state index in [9.17, 15) is 0 Å². The third-order valence-electron chi connectivity index (χ3n) is 2.51. The first-order valence-corrected chi connectivity index (χ1v) is 6.02. The number of unbranched alkanes of at least 4 members (excludes halogenated alkanes) is 9. The molecule has 0 aliphatic heterocycles. The van der Waals surface area contributed by atoms with Gasteiger partial charge in [0, 0.05) is 32.8 Å². The van der Waals surface area contributed by atoms with Crippen LogP contribution in [0.15, 0.2) is 0 Å². The van der Waals surface area contributed by atoms with Gasteiger partial charge in [0.25, 0.3) is 0 Å². The van der Waals surface area contributed by atoms with Gasteiger partial charge in [-0.2, -0.15) is 0 Å². The van der Waals surface area contributed by atoms with Gasteiger partial charge in [-0.3, -0.25) is 0 Å². The van der Waals surface area contributed by atoms with Gasteiger partial charge in [-0.1, -0.05) is 64.7 Å². The summed E-state index contributed by atoms with van der Waals surface area (Å²) in [4.78, 5) is 0. The summed E-state index contributed by atoms with van der Waals surface area (Å²) in [7, 11) is 0. The van der Waals surface area contributed by atoms with Crippen molar-refractivity contribution in [3.05, 3.63) is 0 Å². The van der Waals surface area contributed by atoms with Crippen LogP contribution in [0.5, 0.6) is 0 Å². The zero-order valence-corrected chi connectivity index (χ0v) is 12.2. The topological polar surface area (TPSA) is 20.2 Å². The molecule has 0 aliphatic rings. The maximum Gasteiger partial charge on any atom is 0.0431 e. The Morgan fingerprint density at radius 3 is 1.36 bits per heavy atom. The van der Waals surface area contributed by atoms with Gasteiger partial charge < -0.3 is 5.11 Å². The van der Waals surface area contributed by atoms with Crippen molar-refractivity contribution in [2.75, 3.05) is 6.61 Å². The second kappa shape index (κ2) is 16.3. The van der Waals surface area contributed by atoms with Gasteiger partial charge in [-0.15, -0.1) is 0 Å². The zero-order chi connectivity index (χ0) is 9.78. The summed E-state index contributed by atoms with van der Waals surface area (Å²) >= 11 is 0. The largest absolute Gasteiger partial charge is 0.396 e. The number of rotatable bonds is 10. The average Bonchev–Trinajstić information content (AvgIpc) is 2.16. The van der Waals surface area contributed by atoms with Crippen LogP contribution in [0.2, 0.25) is 0 Å². The molecule has 0 atom stereocenters. The number of aliphatic hydroxyl groups excluding tert-OH is 1. The van der Waals surface area contributed by atoms with Crippen LogP contribution in [0.1, 0.15) is 71.1 Å². The van der Waals surface area contributed by atoms with E-state index in [0.717, 1.165) is 6.42 Å². The van der Waals surface area contributed by atoms with Gasteiger partial charge in [0.2, 0.25) is 0 Å². The summed E-state index contributed by atoms with van der Waals surface area (Å²) in [5.74, 6) is 0. The molecule has 0 rings (SSSR count). The number of hydrogen-bond acceptors (Lipinski definition) is 1. The third-order valence-corrected chi connectivity index (χ3v) is 2.51. The van der Waals surface area contributed by atoms with E-state index in [4.69, 9.17) is 5.11 Å².